The molecule has 1 amide bonds. The van der Waals surface area contributed by atoms with Gasteiger partial charge in [-0.15, -0.1) is 0 Å². The van der Waals surface area contributed by atoms with Gasteiger partial charge in [0.2, 0.25) is 5.91 Å². The number of nitrogens with zero attached hydrogens (tertiary/aromatic N) is 1. The molecule has 18 heavy (non-hydrogen) atoms. The lowest BCUT2D eigenvalue weighted by molar-refractivity contribution is -0.134. The molecule has 1 rings (SSSR count). The van der Waals surface area contributed by atoms with E-state index in [-0.39, 0.29) is 5.91 Å². The van der Waals surface area contributed by atoms with Crippen molar-refractivity contribution in [1.82, 2.24) is 4.90 Å². The van der Waals surface area contributed by atoms with E-state index >= 15 is 0 Å². The number of carbonyl (C=O) groups is 2. The smallest absolute Gasteiger partial charge is 0.222 e. The van der Waals surface area contributed by atoms with Crippen LogP contribution in [0.4, 0.5) is 0 Å². The maximum Gasteiger partial charge on any atom is 0.222 e. The number of rotatable bonds is 7. The average Bonchev–Trinajstić information content (AvgIpc) is 2.38. The Bertz CT molecular complexity index is 266. The van der Waals surface area contributed by atoms with Gasteiger partial charge >= 0.3 is 0 Å². The number of hydrogen-bond donors (Lipinski definition) is 0. The molecule has 0 radical (unpaired) electrons. The first-order chi connectivity index (χ1) is 8.65. The summed E-state index contributed by atoms with van der Waals surface area (Å²) in [4.78, 5) is 25.0. The molecule has 0 N–H and O–H groups in total. The molecular weight excluding hydrogens is 226 g/mol. The van der Waals surface area contributed by atoms with E-state index in [1.165, 1.54) is 19.3 Å². The predicted molar refractivity (Wildman–Crippen MR) is 73.4 cm³/mol. The third-order valence-electron chi connectivity index (χ3n) is 3.95. The van der Waals surface area contributed by atoms with Gasteiger partial charge in [-0.05, 0) is 19.3 Å². The van der Waals surface area contributed by atoms with Crippen LogP contribution in [0.15, 0.2) is 0 Å². The molecule has 0 aliphatic heterocycles. The zero-order chi connectivity index (χ0) is 13.4. The van der Waals surface area contributed by atoms with Gasteiger partial charge in [0.05, 0.1) is 0 Å². The molecule has 0 atom stereocenters. The Labute approximate surface area is 111 Å². The number of carbonyl (C=O) groups excluding carboxylic acids is 2. The summed E-state index contributed by atoms with van der Waals surface area (Å²) >= 11 is 0. The summed E-state index contributed by atoms with van der Waals surface area (Å²) in [5, 5.41) is 0. The van der Waals surface area contributed by atoms with Gasteiger partial charge in [-0.1, -0.05) is 32.6 Å². The van der Waals surface area contributed by atoms with Crippen LogP contribution in [0.3, 0.4) is 0 Å². The molecule has 1 aliphatic rings. The van der Waals surface area contributed by atoms with Crippen LogP contribution in [0.5, 0.6) is 0 Å². The van der Waals surface area contributed by atoms with E-state index in [1.807, 2.05) is 11.9 Å². The summed E-state index contributed by atoms with van der Waals surface area (Å²) in [7, 11) is 1.90. The fourth-order valence-corrected chi connectivity index (χ4v) is 2.57. The summed E-state index contributed by atoms with van der Waals surface area (Å²) in [6, 6.07) is 0.297. The molecule has 0 bridgehead atoms. The maximum atomic E-state index is 12.0. The highest BCUT2D eigenvalue weighted by Gasteiger charge is 2.24. The Balaban J connectivity index is 2.18. The molecular formula is C15H27NO2. The first-order valence-electron chi connectivity index (χ1n) is 7.42. The van der Waals surface area contributed by atoms with Crippen LogP contribution in [-0.4, -0.2) is 29.7 Å². The number of hydrogen-bond acceptors (Lipinski definition) is 2. The fourth-order valence-electron chi connectivity index (χ4n) is 2.57. The Morgan fingerprint density at radius 3 is 2.39 bits per heavy atom. The van der Waals surface area contributed by atoms with Crippen molar-refractivity contribution in [3.8, 4) is 0 Å². The second-order valence-electron chi connectivity index (χ2n) is 5.44. The lowest BCUT2D eigenvalue weighted by atomic mass is 9.93. The molecule has 104 valence electrons. The molecule has 3 heteroatoms. The van der Waals surface area contributed by atoms with Gasteiger partial charge < -0.3 is 4.90 Å². The zero-order valence-corrected chi connectivity index (χ0v) is 11.9. The molecule has 1 fully saturated rings. The van der Waals surface area contributed by atoms with Crippen LogP contribution in [0, 0.1) is 0 Å². The fraction of sp³-hybridized carbons (Fsp3) is 0.867. The number of ketones is 1. The molecule has 0 saturated heterocycles. The van der Waals surface area contributed by atoms with Gasteiger partial charge in [0.1, 0.15) is 5.78 Å². The predicted octanol–water partition coefficient (Wildman–Crippen LogP) is 3.32. The SMILES string of the molecule is CCCCCCCC(=O)N(C)C1CCC(=O)CC1. The summed E-state index contributed by atoms with van der Waals surface area (Å²) in [6.07, 6.45) is 9.62. The first-order valence-corrected chi connectivity index (χ1v) is 7.42. The third kappa shape index (κ3) is 5.19. The molecule has 0 aromatic rings. The average molecular weight is 253 g/mol. The van der Waals surface area contributed by atoms with E-state index < -0.39 is 0 Å². The van der Waals surface area contributed by atoms with Crippen molar-refractivity contribution in [1.29, 1.82) is 0 Å². The summed E-state index contributed by atoms with van der Waals surface area (Å²) in [5.74, 6) is 0.609. The number of Topliss-reactive ketones (excluding diaryl/α,β-unsaturated/α-hetero) is 1. The maximum absolute atomic E-state index is 12.0. The van der Waals surface area contributed by atoms with Crippen LogP contribution in [-0.2, 0) is 9.59 Å². The Morgan fingerprint density at radius 1 is 1.17 bits per heavy atom. The van der Waals surface area contributed by atoms with Gasteiger partial charge in [-0.3, -0.25) is 9.59 Å². The molecule has 0 unspecified atom stereocenters. The number of amides is 1. The molecule has 1 saturated carbocycles. The van der Waals surface area contributed by atoms with Crippen molar-refractivity contribution < 1.29 is 9.59 Å². The van der Waals surface area contributed by atoms with Crippen molar-refractivity contribution in [2.45, 2.75) is 77.2 Å². The highest BCUT2D eigenvalue weighted by atomic mass is 16.2. The topological polar surface area (TPSA) is 37.4 Å². The molecule has 0 aromatic carbocycles. The van der Waals surface area contributed by atoms with E-state index in [0.29, 0.717) is 31.1 Å². The van der Waals surface area contributed by atoms with Gasteiger partial charge in [-0.25, -0.2) is 0 Å². The minimum atomic E-state index is 0.255. The quantitative estimate of drug-likeness (QED) is 0.653. The van der Waals surface area contributed by atoms with Gasteiger partial charge in [0.15, 0.2) is 0 Å². The lowest BCUT2D eigenvalue weighted by Gasteiger charge is -2.30. The highest BCUT2D eigenvalue weighted by Crippen LogP contribution is 2.20. The molecule has 0 aromatic heterocycles. The van der Waals surface area contributed by atoms with E-state index in [0.717, 1.165) is 25.7 Å². The normalized spacial score (nSPS) is 16.9. The van der Waals surface area contributed by atoms with Crippen molar-refractivity contribution in [2.24, 2.45) is 0 Å². The van der Waals surface area contributed by atoms with Crippen LogP contribution >= 0.6 is 0 Å². The summed E-state index contributed by atoms with van der Waals surface area (Å²) < 4.78 is 0. The molecule has 3 nitrogen and oxygen atoms in total. The Morgan fingerprint density at radius 2 is 1.78 bits per heavy atom. The largest absolute Gasteiger partial charge is 0.343 e. The Hall–Kier alpha value is -0.860. The highest BCUT2D eigenvalue weighted by molar-refractivity contribution is 5.80. The second kappa shape index (κ2) is 8.28. The van der Waals surface area contributed by atoms with Crippen molar-refractivity contribution in [3.63, 3.8) is 0 Å². The minimum Gasteiger partial charge on any atom is -0.343 e. The first kappa shape index (κ1) is 15.2. The van der Waals surface area contributed by atoms with Gasteiger partial charge in [0.25, 0.3) is 0 Å². The van der Waals surface area contributed by atoms with Crippen molar-refractivity contribution >= 4 is 11.7 Å². The van der Waals surface area contributed by atoms with Crippen molar-refractivity contribution in [2.75, 3.05) is 7.05 Å². The van der Waals surface area contributed by atoms with Gasteiger partial charge in [-0.2, -0.15) is 0 Å². The van der Waals surface area contributed by atoms with Crippen molar-refractivity contribution in [3.05, 3.63) is 0 Å². The molecule has 1 aliphatic carbocycles. The van der Waals surface area contributed by atoms with Crippen LogP contribution in [0.25, 0.3) is 0 Å². The van der Waals surface area contributed by atoms with E-state index in [1.54, 1.807) is 0 Å². The second-order valence-corrected chi connectivity index (χ2v) is 5.44. The summed E-state index contributed by atoms with van der Waals surface area (Å²) in [6.45, 7) is 2.20. The van der Waals surface area contributed by atoms with Gasteiger partial charge in [0, 0.05) is 32.4 Å². The van der Waals surface area contributed by atoms with Crippen LogP contribution < -0.4 is 0 Å². The minimum absolute atomic E-state index is 0.255. The van der Waals surface area contributed by atoms with E-state index in [4.69, 9.17) is 0 Å². The lowest BCUT2D eigenvalue weighted by Crippen LogP contribution is -2.39. The number of unbranched alkanes of at least 4 members (excludes halogenated alkanes) is 4. The standard InChI is InChI=1S/C15H27NO2/c1-3-4-5-6-7-8-15(18)16(2)13-9-11-14(17)12-10-13/h13H,3-12H2,1-2H3. The third-order valence-corrected chi connectivity index (χ3v) is 3.95. The zero-order valence-electron chi connectivity index (χ0n) is 11.9. The molecule has 0 heterocycles. The summed E-state index contributed by atoms with van der Waals surface area (Å²) in [5.41, 5.74) is 0. The Kier molecular flexibility index (Phi) is 6.99. The molecule has 0 spiro atoms. The van der Waals surface area contributed by atoms with Crippen LogP contribution in [0.1, 0.15) is 71.1 Å². The van der Waals surface area contributed by atoms with E-state index in [9.17, 15) is 9.59 Å². The monoisotopic (exact) mass is 253 g/mol. The van der Waals surface area contributed by atoms with Crippen LogP contribution in [0.2, 0.25) is 0 Å². The van der Waals surface area contributed by atoms with E-state index in [2.05, 4.69) is 6.92 Å².